The van der Waals surface area contributed by atoms with Gasteiger partial charge in [0.1, 0.15) is 25.8 Å². The topological polar surface area (TPSA) is 99.6 Å². The molecule has 1 aliphatic heterocycles. The molecule has 7 nitrogen and oxygen atoms in total. The maximum atomic E-state index is 12.0. The van der Waals surface area contributed by atoms with Crippen molar-refractivity contribution in [3.8, 4) is 0 Å². The maximum Gasteiger partial charge on any atom is 0.351 e. The molecule has 1 unspecified atom stereocenters. The van der Waals surface area contributed by atoms with Crippen molar-refractivity contribution in [2.75, 3.05) is 18.3 Å². The number of aliphatic hydroxyl groups excluding tert-OH is 1. The summed E-state index contributed by atoms with van der Waals surface area (Å²) >= 11 is 0. The molecule has 1 saturated heterocycles. The van der Waals surface area contributed by atoms with Crippen molar-refractivity contribution in [3.63, 3.8) is 0 Å². The number of hydrogen-bond donors (Lipinski definition) is 2. The molecule has 3 atom stereocenters. The normalized spacial score (nSPS) is 24.4. The lowest BCUT2D eigenvalue weighted by atomic mass is 9.91. The van der Waals surface area contributed by atoms with Crippen LogP contribution in [-0.4, -0.2) is 51.9 Å². The Morgan fingerprint density at radius 3 is 3.00 bits per heavy atom. The van der Waals surface area contributed by atoms with E-state index in [2.05, 4.69) is 26.7 Å². The predicted molar refractivity (Wildman–Crippen MR) is 101 cm³/mol. The van der Waals surface area contributed by atoms with Crippen molar-refractivity contribution in [2.24, 2.45) is 0 Å². The van der Waals surface area contributed by atoms with E-state index in [-0.39, 0.29) is 29.3 Å². The minimum Gasteiger partial charge on any atom is -0.396 e. The summed E-state index contributed by atoms with van der Waals surface area (Å²) in [6, 6.07) is 1.57. The summed E-state index contributed by atoms with van der Waals surface area (Å²) in [7, 11) is 5.55. The summed E-state index contributed by atoms with van der Waals surface area (Å²) in [6.45, 7) is 4.30. The Bertz CT molecular complexity index is 596. The van der Waals surface area contributed by atoms with E-state index in [4.69, 9.17) is 15.2 Å². The highest BCUT2D eigenvalue weighted by Gasteiger charge is 2.37. The van der Waals surface area contributed by atoms with Gasteiger partial charge in [-0.05, 0) is 17.1 Å². The van der Waals surface area contributed by atoms with Crippen molar-refractivity contribution < 1.29 is 14.6 Å². The number of aromatic nitrogens is 2. The van der Waals surface area contributed by atoms with Crippen LogP contribution in [0.15, 0.2) is 17.1 Å². The lowest BCUT2D eigenvalue weighted by Crippen LogP contribution is -2.27. The molecule has 2 heterocycles. The van der Waals surface area contributed by atoms with Gasteiger partial charge in [0.25, 0.3) is 0 Å². The first-order chi connectivity index (χ1) is 11.3. The number of anilines is 1. The Morgan fingerprint density at radius 2 is 2.38 bits per heavy atom. The minimum atomic E-state index is -0.451. The molecule has 0 aromatic carbocycles. The van der Waals surface area contributed by atoms with Gasteiger partial charge in [0, 0.05) is 19.2 Å². The standard InChI is InChI=1S/C14H24BN3O4S2/c1-14(2,15)24-23-8-21-10-7-12(22-9(10)4-6-19)18-5-3-11(16)17-13(18)20/h3,5,9-10,12,19H,4,6-8,15H2,1-2H3,(H2,16,17,20)/t9?,10-,12-/m1/s1. The first-order valence-electron chi connectivity index (χ1n) is 7.83. The first-order valence-corrected chi connectivity index (χ1v) is 10.2. The van der Waals surface area contributed by atoms with E-state index in [1.54, 1.807) is 33.9 Å². The Morgan fingerprint density at radius 1 is 1.62 bits per heavy atom. The fraction of sp³-hybridized carbons (Fsp3) is 0.714. The fourth-order valence-electron chi connectivity index (χ4n) is 2.39. The van der Waals surface area contributed by atoms with Crippen LogP contribution in [0.25, 0.3) is 0 Å². The zero-order chi connectivity index (χ0) is 17.7. The number of aliphatic hydroxyl groups is 1. The molecule has 134 valence electrons. The summed E-state index contributed by atoms with van der Waals surface area (Å²) < 4.78 is 13.4. The number of ether oxygens (including phenoxy) is 2. The van der Waals surface area contributed by atoms with Gasteiger partial charge >= 0.3 is 5.69 Å². The molecular weight excluding hydrogens is 349 g/mol. The minimum absolute atomic E-state index is 0.00994. The van der Waals surface area contributed by atoms with E-state index in [0.29, 0.717) is 18.8 Å². The van der Waals surface area contributed by atoms with Crippen LogP contribution in [0.3, 0.4) is 0 Å². The van der Waals surface area contributed by atoms with Crippen molar-refractivity contribution in [3.05, 3.63) is 22.7 Å². The van der Waals surface area contributed by atoms with Gasteiger partial charge < -0.3 is 20.3 Å². The first kappa shape index (κ1) is 19.6. The van der Waals surface area contributed by atoms with Gasteiger partial charge in [-0.2, -0.15) is 4.98 Å². The van der Waals surface area contributed by atoms with Crippen molar-refractivity contribution >= 4 is 35.3 Å². The molecule has 1 aromatic heterocycles. The van der Waals surface area contributed by atoms with Crippen LogP contribution >= 0.6 is 21.6 Å². The molecule has 0 saturated carbocycles. The average molecular weight is 373 g/mol. The van der Waals surface area contributed by atoms with Crippen LogP contribution in [0.2, 0.25) is 0 Å². The zero-order valence-electron chi connectivity index (χ0n) is 14.2. The van der Waals surface area contributed by atoms with Crippen LogP contribution in [-0.2, 0) is 9.47 Å². The van der Waals surface area contributed by atoms with Gasteiger partial charge in [0.15, 0.2) is 0 Å². The largest absolute Gasteiger partial charge is 0.396 e. The Balaban J connectivity index is 1.96. The van der Waals surface area contributed by atoms with Crippen LogP contribution in [0.5, 0.6) is 0 Å². The molecule has 24 heavy (non-hydrogen) atoms. The smallest absolute Gasteiger partial charge is 0.351 e. The Labute approximate surface area is 150 Å². The molecule has 1 fully saturated rings. The molecule has 0 bridgehead atoms. The zero-order valence-corrected chi connectivity index (χ0v) is 15.8. The van der Waals surface area contributed by atoms with Gasteiger partial charge in [-0.1, -0.05) is 35.4 Å². The second-order valence-electron chi connectivity index (χ2n) is 6.56. The van der Waals surface area contributed by atoms with Gasteiger partial charge in [0.2, 0.25) is 0 Å². The van der Waals surface area contributed by atoms with Gasteiger partial charge in [-0.3, -0.25) is 4.57 Å². The molecule has 1 aliphatic rings. The predicted octanol–water partition coefficient (Wildman–Crippen LogP) is 0.589. The highest BCUT2D eigenvalue weighted by molar-refractivity contribution is 8.77. The molecule has 0 amide bonds. The lowest BCUT2D eigenvalue weighted by Gasteiger charge is -2.20. The molecular formula is C14H24BN3O4S2. The molecule has 0 radical (unpaired) electrons. The number of nitrogens with zero attached hydrogens (tertiary/aromatic N) is 2. The van der Waals surface area contributed by atoms with E-state index in [9.17, 15) is 9.90 Å². The third kappa shape index (κ3) is 5.70. The quantitative estimate of drug-likeness (QED) is 0.296. The van der Waals surface area contributed by atoms with Crippen LogP contribution in [0.4, 0.5) is 5.82 Å². The summed E-state index contributed by atoms with van der Waals surface area (Å²) in [6.07, 6.45) is 1.72. The van der Waals surface area contributed by atoms with Gasteiger partial charge in [-0.15, -0.1) is 0 Å². The van der Waals surface area contributed by atoms with E-state index < -0.39 is 11.9 Å². The Kier molecular flexibility index (Phi) is 7.05. The van der Waals surface area contributed by atoms with Crippen molar-refractivity contribution in [2.45, 2.75) is 49.8 Å². The summed E-state index contributed by atoms with van der Waals surface area (Å²) in [5.41, 5.74) is 5.07. The van der Waals surface area contributed by atoms with E-state index in [1.807, 2.05) is 0 Å². The molecule has 2 rings (SSSR count). The van der Waals surface area contributed by atoms with Crippen molar-refractivity contribution in [1.29, 1.82) is 0 Å². The van der Waals surface area contributed by atoms with Crippen LogP contribution in [0, 0.1) is 0 Å². The summed E-state index contributed by atoms with van der Waals surface area (Å²) in [4.78, 5) is 15.7. The third-order valence-electron chi connectivity index (χ3n) is 3.40. The summed E-state index contributed by atoms with van der Waals surface area (Å²) in [5.74, 6) is 0.712. The molecule has 10 heteroatoms. The SMILES string of the molecule is BC(C)(C)SSCO[C@@H]1C[C@H](n2ccc(N)nc2=O)OC1CCO. The fourth-order valence-corrected chi connectivity index (χ4v) is 4.40. The van der Waals surface area contributed by atoms with Gasteiger partial charge in [-0.25, -0.2) is 4.79 Å². The lowest BCUT2D eigenvalue weighted by molar-refractivity contribution is -0.0407. The Hall–Kier alpha value is -0.675. The number of nitrogen functional groups attached to an aromatic ring is 1. The second-order valence-corrected chi connectivity index (χ2v) is 9.63. The molecule has 0 aliphatic carbocycles. The molecule has 0 spiro atoms. The van der Waals surface area contributed by atoms with Crippen LogP contribution < -0.4 is 11.4 Å². The number of hydrogen-bond acceptors (Lipinski definition) is 8. The monoisotopic (exact) mass is 373 g/mol. The van der Waals surface area contributed by atoms with Crippen LogP contribution in [0.1, 0.15) is 32.9 Å². The number of nitrogens with two attached hydrogens (primary N) is 1. The van der Waals surface area contributed by atoms with Crippen molar-refractivity contribution in [1.82, 2.24) is 9.55 Å². The summed E-state index contributed by atoms with van der Waals surface area (Å²) in [5, 5.41) is 9.23. The second kappa shape index (κ2) is 8.62. The third-order valence-corrected chi connectivity index (χ3v) is 6.39. The number of rotatable bonds is 8. The van der Waals surface area contributed by atoms with E-state index >= 15 is 0 Å². The molecule has 3 N–H and O–H groups in total. The average Bonchev–Trinajstić information content (AvgIpc) is 2.86. The molecule has 1 aromatic rings. The maximum absolute atomic E-state index is 12.0. The van der Waals surface area contributed by atoms with E-state index in [0.717, 1.165) is 0 Å². The highest BCUT2D eigenvalue weighted by Crippen LogP contribution is 2.36. The van der Waals surface area contributed by atoms with E-state index in [1.165, 1.54) is 4.57 Å². The van der Waals surface area contributed by atoms with Gasteiger partial charge in [0.05, 0.1) is 12.2 Å². The highest BCUT2D eigenvalue weighted by atomic mass is 33.1.